The summed E-state index contributed by atoms with van der Waals surface area (Å²) in [5.74, 6) is 0.397. The number of nitrogens with one attached hydrogen (secondary N) is 1. The quantitative estimate of drug-likeness (QED) is 0.860. The van der Waals surface area contributed by atoms with E-state index >= 15 is 0 Å². The third-order valence-corrected chi connectivity index (χ3v) is 4.04. The predicted molar refractivity (Wildman–Crippen MR) is 82.1 cm³/mol. The van der Waals surface area contributed by atoms with Gasteiger partial charge in [0.2, 0.25) is 0 Å². The van der Waals surface area contributed by atoms with Crippen molar-refractivity contribution in [2.75, 3.05) is 19.0 Å². The topological polar surface area (TPSA) is 46.0 Å². The van der Waals surface area contributed by atoms with Gasteiger partial charge in [0.1, 0.15) is 11.4 Å². The molecule has 2 rings (SSSR count). The molecule has 1 N–H and O–H groups in total. The molecule has 19 heavy (non-hydrogen) atoms. The average Bonchev–Trinajstić information content (AvgIpc) is 2.82. The highest BCUT2D eigenvalue weighted by molar-refractivity contribution is 7.58. The predicted octanol–water partition coefficient (Wildman–Crippen LogP) is 4.80. The Hall–Kier alpha value is -0.620. The highest BCUT2D eigenvalue weighted by Gasteiger charge is 2.22. The molecule has 4 nitrogen and oxygen atoms in total. The van der Waals surface area contributed by atoms with E-state index in [-0.39, 0.29) is 6.04 Å². The van der Waals surface area contributed by atoms with Crippen molar-refractivity contribution >= 4 is 51.6 Å². The number of nitrogens with zero attached hydrogens (tertiary/aromatic N) is 2. The standard InChI is InChI=1S/C12H15Cl2N3OS/c1-6(2)9(5-18-3)15-10-7(13)4-8(14)11-12(10)17-19-16-11/h4,6,9,15H,5H2,1-3H3. The van der Waals surface area contributed by atoms with Crippen molar-refractivity contribution < 1.29 is 4.74 Å². The molecule has 1 heterocycles. The van der Waals surface area contributed by atoms with Crippen LogP contribution in [0.3, 0.4) is 0 Å². The Morgan fingerprint density at radius 1 is 1.26 bits per heavy atom. The van der Waals surface area contributed by atoms with E-state index in [9.17, 15) is 0 Å². The fraction of sp³-hybridized carbons (Fsp3) is 0.500. The third-order valence-electron chi connectivity index (χ3n) is 2.92. The van der Waals surface area contributed by atoms with Gasteiger partial charge in [-0.25, -0.2) is 0 Å². The van der Waals surface area contributed by atoms with Gasteiger partial charge < -0.3 is 10.1 Å². The van der Waals surface area contributed by atoms with Gasteiger partial charge in [0.25, 0.3) is 0 Å². The number of hydrogen-bond donors (Lipinski definition) is 1. The Morgan fingerprint density at radius 2 is 1.95 bits per heavy atom. The number of methoxy groups -OCH3 is 1. The van der Waals surface area contributed by atoms with Crippen molar-refractivity contribution in [3.05, 3.63) is 16.1 Å². The number of rotatable bonds is 5. The molecular weight excluding hydrogens is 305 g/mol. The average molecular weight is 320 g/mol. The van der Waals surface area contributed by atoms with E-state index in [0.29, 0.717) is 33.9 Å². The number of benzene rings is 1. The Bertz CT molecular complexity index is 556. The summed E-state index contributed by atoms with van der Waals surface area (Å²) in [6.45, 7) is 4.84. The molecule has 0 radical (unpaired) electrons. The summed E-state index contributed by atoms with van der Waals surface area (Å²) in [5.41, 5.74) is 2.16. The van der Waals surface area contributed by atoms with Gasteiger partial charge in [-0.1, -0.05) is 37.0 Å². The van der Waals surface area contributed by atoms with E-state index in [1.165, 1.54) is 0 Å². The number of hydrogen-bond acceptors (Lipinski definition) is 4. The number of ether oxygens (including phenoxy) is 1. The van der Waals surface area contributed by atoms with Gasteiger partial charge in [0.05, 0.1) is 39.7 Å². The molecule has 0 aliphatic carbocycles. The molecule has 0 bridgehead atoms. The summed E-state index contributed by atoms with van der Waals surface area (Å²) in [7, 11) is 1.68. The molecule has 7 heteroatoms. The first-order valence-corrected chi connectivity index (χ1v) is 7.39. The second kappa shape index (κ2) is 6.22. The zero-order chi connectivity index (χ0) is 14.0. The molecule has 1 aliphatic rings. The molecule has 1 aromatic carbocycles. The van der Waals surface area contributed by atoms with Gasteiger partial charge >= 0.3 is 0 Å². The van der Waals surface area contributed by atoms with E-state index in [2.05, 4.69) is 27.9 Å². The van der Waals surface area contributed by atoms with E-state index in [4.69, 9.17) is 27.9 Å². The zero-order valence-electron chi connectivity index (χ0n) is 10.9. The maximum absolute atomic E-state index is 6.26. The number of anilines is 1. The van der Waals surface area contributed by atoms with Crippen molar-refractivity contribution in [3.8, 4) is 0 Å². The van der Waals surface area contributed by atoms with Crippen molar-refractivity contribution in [2.45, 2.75) is 19.9 Å². The Balaban J connectivity index is 2.36. The molecule has 0 saturated carbocycles. The summed E-state index contributed by atoms with van der Waals surface area (Å²) < 4.78 is 13.7. The van der Waals surface area contributed by atoms with Gasteiger partial charge in [-0.15, -0.1) is 0 Å². The minimum Gasteiger partial charge on any atom is -0.383 e. The second-order valence-electron chi connectivity index (χ2n) is 4.63. The zero-order valence-corrected chi connectivity index (χ0v) is 13.2. The van der Waals surface area contributed by atoms with Gasteiger partial charge in [-0.05, 0) is 12.0 Å². The van der Waals surface area contributed by atoms with Gasteiger partial charge in [0.15, 0.2) is 0 Å². The lowest BCUT2D eigenvalue weighted by Crippen LogP contribution is -2.30. The van der Waals surface area contributed by atoms with Crippen LogP contribution in [0, 0.1) is 5.92 Å². The van der Waals surface area contributed by atoms with Crippen molar-refractivity contribution in [1.82, 2.24) is 0 Å². The van der Waals surface area contributed by atoms with Crippen LogP contribution in [0.5, 0.6) is 0 Å². The van der Waals surface area contributed by atoms with Crippen LogP contribution in [0.1, 0.15) is 13.8 Å². The Labute approximate surface area is 126 Å². The maximum atomic E-state index is 6.26. The molecule has 1 aliphatic heterocycles. The van der Waals surface area contributed by atoms with Crippen LogP contribution in [0.2, 0.25) is 10.0 Å². The van der Waals surface area contributed by atoms with Gasteiger partial charge in [-0.3, -0.25) is 0 Å². The number of fused-ring (bicyclic) bond motifs is 1. The lowest BCUT2D eigenvalue weighted by Gasteiger charge is -2.24. The lowest BCUT2D eigenvalue weighted by molar-refractivity contribution is 0.171. The van der Waals surface area contributed by atoms with E-state index in [1.54, 1.807) is 13.2 Å². The molecule has 0 aromatic heterocycles. The summed E-state index contributed by atoms with van der Waals surface area (Å²) >= 11 is 13.5. The van der Waals surface area contributed by atoms with Gasteiger partial charge in [-0.2, -0.15) is 8.73 Å². The molecule has 1 atom stereocenters. The largest absolute Gasteiger partial charge is 0.383 e. The molecular formula is C12H15Cl2N3OS. The highest BCUT2D eigenvalue weighted by Crippen LogP contribution is 2.47. The van der Waals surface area contributed by atoms with Crippen LogP contribution in [-0.4, -0.2) is 19.8 Å². The first-order chi connectivity index (χ1) is 9.04. The molecule has 0 fully saturated rings. The Kier molecular flexibility index (Phi) is 4.84. The summed E-state index contributed by atoms with van der Waals surface area (Å²) in [4.78, 5) is 0. The molecule has 0 amide bonds. The van der Waals surface area contributed by atoms with Crippen LogP contribution in [0.4, 0.5) is 17.1 Å². The smallest absolute Gasteiger partial charge is 0.130 e. The Morgan fingerprint density at radius 3 is 2.58 bits per heavy atom. The normalized spacial score (nSPS) is 14.4. The first kappa shape index (κ1) is 14.8. The summed E-state index contributed by atoms with van der Waals surface area (Å²) in [6, 6.07) is 1.84. The van der Waals surface area contributed by atoms with Gasteiger partial charge in [0, 0.05) is 7.11 Å². The molecule has 0 spiro atoms. The minimum atomic E-state index is 0.147. The molecule has 0 saturated heterocycles. The van der Waals surface area contributed by atoms with Crippen LogP contribution < -0.4 is 5.32 Å². The second-order valence-corrected chi connectivity index (χ2v) is 5.97. The molecule has 1 unspecified atom stereocenters. The van der Waals surface area contributed by atoms with Crippen molar-refractivity contribution in [3.63, 3.8) is 0 Å². The fourth-order valence-corrected chi connectivity index (χ4v) is 2.94. The molecule has 1 aromatic rings. The molecule has 104 valence electrons. The summed E-state index contributed by atoms with van der Waals surface area (Å²) in [5, 5.41) is 4.46. The van der Waals surface area contributed by atoms with Crippen molar-refractivity contribution in [2.24, 2.45) is 14.6 Å². The van der Waals surface area contributed by atoms with E-state index in [0.717, 1.165) is 17.0 Å². The summed E-state index contributed by atoms with van der Waals surface area (Å²) in [6.07, 6.45) is 0. The van der Waals surface area contributed by atoms with Crippen LogP contribution in [0.15, 0.2) is 14.8 Å². The first-order valence-electron chi connectivity index (χ1n) is 5.90. The van der Waals surface area contributed by atoms with Crippen LogP contribution in [-0.2, 0) is 16.1 Å². The van der Waals surface area contributed by atoms with E-state index in [1.807, 2.05) is 0 Å². The van der Waals surface area contributed by atoms with E-state index < -0.39 is 0 Å². The number of halogens is 2. The van der Waals surface area contributed by atoms with Crippen LogP contribution in [0.25, 0.3) is 0 Å². The highest BCUT2D eigenvalue weighted by atomic mass is 35.5. The monoisotopic (exact) mass is 319 g/mol. The maximum Gasteiger partial charge on any atom is 0.130 e. The van der Waals surface area contributed by atoms with Crippen molar-refractivity contribution in [1.29, 1.82) is 0 Å². The SMILES string of the molecule is COCC(Nc1c(Cl)cc(Cl)c2c1N=S=N2)C(C)C. The third kappa shape index (κ3) is 3.11. The lowest BCUT2D eigenvalue weighted by atomic mass is 10.0. The fourth-order valence-electron chi connectivity index (χ4n) is 1.78. The minimum absolute atomic E-state index is 0.147. The van der Waals surface area contributed by atoms with Crippen LogP contribution >= 0.6 is 23.2 Å².